The van der Waals surface area contributed by atoms with Gasteiger partial charge in [-0.15, -0.1) is 0 Å². The Morgan fingerprint density at radius 2 is 0.861 bits per heavy atom. The van der Waals surface area contributed by atoms with Gasteiger partial charge < -0.3 is 14.6 Å². The highest BCUT2D eigenvalue weighted by molar-refractivity contribution is 5.67. The van der Waals surface area contributed by atoms with Gasteiger partial charge in [0, 0.05) is 13.2 Å². The number of carboxylic acid groups (broad SMARTS) is 1. The molecule has 0 aromatic heterocycles. The lowest BCUT2D eigenvalue weighted by Crippen LogP contribution is -2.24. The van der Waals surface area contributed by atoms with Gasteiger partial charge in [0.05, 0.1) is 19.1 Å². The Morgan fingerprint density at radius 1 is 0.528 bits per heavy atom. The lowest BCUT2D eigenvalue weighted by Gasteiger charge is -2.16. The van der Waals surface area contributed by atoms with Gasteiger partial charge in [0.2, 0.25) is 0 Å². The molecule has 0 heterocycles. The molecule has 0 aliphatic carbocycles. The third-order valence-electron chi connectivity index (χ3n) is 7.20. The smallest absolute Gasteiger partial charge is 0.306 e. The van der Waals surface area contributed by atoms with Crippen molar-refractivity contribution in [2.24, 2.45) is 0 Å². The lowest BCUT2D eigenvalue weighted by atomic mass is 10.1. The molecule has 0 aromatic carbocycles. The van der Waals surface area contributed by atoms with Crippen LogP contribution in [-0.4, -0.2) is 37.0 Å². The Labute approximate surface area is 225 Å². The van der Waals surface area contributed by atoms with Crippen molar-refractivity contribution in [2.45, 2.75) is 180 Å². The van der Waals surface area contributed by atoms with Crippen LogP contribution in [0.15, 0.2) is 0 Å². The molecule has 0 rings (SSSR count). The van der Waals surface area contributed by atoms with Crippen LogP contribution in [0.3, 0.4) is 0 Å². The molecular formula is C32H64O4. The quantitative estimate of drug-likeness (QED) is 0.0938. The topological polar surface area (TPSA) is 55.8 Å². The van der Waals surface area contributed by atoms with Gasteiger partial charge in [-0.05, 0) is 12.8 Å². The summed E-state index contributed by atoms with van der Waals surface area (Å²) >= 11 is 0. The van der Waals surface area contributed by atoms with Gasteiger partial charge in [-0.25, -0.2) is 0 Å². The summed E-state index contributed by atoms with van der Waals surface area (Å²) in [5.74, 6) is -0.802. The van der Waals surface area contributed by atoms with Crippen molar-refractivity contribution in [3.63, 3.8) is 0 Å². The van der Waals surface area contributed by atoms with E-state index in [1.807, 2.05) is 0 Å². The van der Waals surface area contributed by atoms with Crippen molar-refractivity contribution in [1.29, 1.82) is 0 Å². The van der Waals surface area contributed by atoms with E-state index in [0.717, 1.165) is 19.4 Å². The Morgan fingerprint density at radius 3 is 1.22 bits per heavy atom. The average molecular weight is 513 g/mol. The minimum atomic E-state index is -0.802. The molecule has 4 nitrogen and oxygen atoms in total. The fraction of sp³-hybridized carbons (Fsp3) is 0.969. The Kier molecular flexibility index (Phi) is 30.1. The van der Waals surface area contributed by atoms with Crippen LogP contribution in [0.2, 0.25) is 0 Å². The van der Waals surface area contributed by atoms with Gasteiger partial charge >= 0.3 is 5.97 Å². The van der Waals surface area contributed by atoms with E-state index < -0.39 is 5.97 Å². The Balaban J connectivity index is 3.50. The summed E-state index contributed by atoms with van der Waals surface area (Å²) in [6, 6.07) is 0. The molecule has 0 aromatic rings. The van der Waals surface area contributed by atoms with Crippen LogP contribution in [0, 0.1) is 0 Å². The largest absolute Gasteiger partial charge is 0.481 e. The van der Waals surface area contributed by atoms with E-state index in [9.17, 15) is 4.79 Å². The summed E-state index contributed by atoms with van der Waals surface area (Å²) in [6.07, 6.45) is 31.5. The lowest BCUT2D eigenvalue weighted by molar-refractivity contribution is -0.141. The fourth-order valence-electron chi connectivity index (χ4n) is 4.81. The third-order valence-corrected chi connectivity index (χ3v) is 7.20. The van der Waals surface area contributed by atoms with E-state index in [1.165, 1.54) is 141 Å². The van der Waals surface area contributed by atoms with Crippen LogP contribution in [0.1, 0.15) is 174 Å². The number of hydrogen-bond donors (Lipinski definition) is 1. The molecule has 0 fully saturated rings. The van der Waals surface area contributed by atoms with E-state index in [1.54, 1.807) is 0 Å². The molecule has 0 amide bonds. The first-order valence-corrected chi connectivity index (χ1v) is 16.1. The molecule has 0 radical (unpaired) electrons. The molecule has 36 heavy (non-hydrogen) atoms. The van der Waals surface area contributed by atoms with Crippen molar-refractivity contribution < 1.29 is 19.4 Å². The molecule has 0 aliphatic rings. The van der Waals surface area contributed by atoms with Crippen LogP contribution in [-0.2, 0) is 14.3 Å². The first kappa shape index (κ1) is 35.4. The first-order chi connectivity index (χ1) is 17.7. The van der Waals surface area contributed by atoms with Crippen molar-refractivity contribution in [2.75, 3.05) is 19.8 Å². The first-order valence-electron chi connectivity index (χ1n) is 16.1. The van der Waals surface area contributed by atoms with Crippen LogP contribution >= 0.6 is 0 Å². The molecule has 0 saturated heterocycles. The number of hydrogen-bond acceptors (Lipinski definition) is 3. The highest BCUT2D eigenvalue weighted by Crippen LogP contribution is 2.14. The van der Waals surface area contributed by atoms with E-state index in [-0.39, 0.29) is 12.5 Å². The fourth-order valence-corrected chi connectivity index (χ4v) is 4.81. The zero-order chi connectivity index (χ0) is 26.4. The number of ether oxygens (including phenoxy) is 2. The molecule has 1 N–H and O–H groups in total. The van der Waals surface area contributed by atoms with Gasteiger partial charge in [-0.2, -0.15) is 0 Å². The molecule has 4 heteroatoms. The van der Waals surface area contributed by atoms with Gasteiger partial charge in [-0.1, -0.05) is 155 Å². The molecule has 0 spiro atoms. The van der Waals surface area contributed by atoms with Gasteiger partial charge in [0.15, 0.2) is 0 Å². The zero-order valence-corrected chi connectivity index (χ0v) is 24.5. The molecule has 0 saturated carbocycles. The number of unbranched alkanes of at least 4 members (excludes halogenated alkanes) is 22. The molecular weight excluding hydrogens is 448 g/mol. The van der Waals surface area contributed by atoms with Crippen LogP contribution < -0.4 is 0 Å². The summed E-state index contributed by atoms with van der Waals surface area (Å²) in [5.41, 5.74) is 0. The molecule has 1 unspecified atom stereocenters. The summed E-state index contributed by atoms with van der Waals surface area (Å²) in [4.78, 5) is 11.2. The predicted octanol–water partition coefficient (Wildman–Crippen LogP) is 10.3. The molecule has 0 aliphatic heterocycles. The minimum Gasteiger partial charge on any atom is -0.481 e. The Bertz CT molecular complexity index is 426. The van der Waals surface area contributed by atoms with Crippen molar-refractivity contribution >= 4 is 5.97 Å². The number of aliphatic carboxylic acids is 1. The van der Waals surface area contributed by atoms with E-state index >= 15 is 0 Å². The number of rotatable bonds is 31. The summed E-state index contributed by atoms with van der Waals surface area (Å²) in [7, 11) is 0. The number of carboxylic acids is 1. The predicted molar refractivity (Wildman–Crippen MR) is 155 cm³/mol. The highest BCUT2D eigenvalue weighted by Gasteiger charge is 2.14. The summed E-state index contributed by atoms with van der Waals surface area (Å²) in [5, 5.41) is 9.17. The van der Waals surface area contributed by atoms with Crippen LogP contribution in [0.25, 0.3) is 0 Å². The van der Waals surface area contributed by atoms with Gasteiger partial charge in [0.25, 0.3) is 0 Å². The zero-order valence-electron chi connectivity index (χ0n) is 24.5. The van der Waals surface area contributed by atoms with Crippen LogP contribution in [0.4, 0.5) is 0 Å². The minimum absolute atomic E-state index is 0.0384. The Hall–Kier alpha value is -0.610. The molecule has 1 atom stereocenters. The maximum absolute atomic E-state index is 11.2. The van der Waals surface area contributed by atoms with Crippen molar-refractivity contribution in [1.82, 2.24) is 0 Å². The SMILES string of the molecule is CCCCCCCCCCCCCCOCC(CC(=O)O)OCCCCCCCCCCCCCC. The molecule has 216 valence electrons. The van der Waals surface area contributed by atoms with Gasteiger partial charge in [-0.3, -0.25) is 4.79 Å². The van der Waals surface area contributed by atoms with E-state index in [0.29, 0.717) is 13.2 Å². The maximum atomic E-state index is 11.2. The van der Waals surface area contributed by atoms with Crippen molar-refractivity contribution in [3.8, 4) is 0 Å². The highest BCUT2D eigenvalue weighted by atomic mass is 16.5. The second-order valence-electron chi connectivity index (χ2n) is 10.9. The van der Waals surface area contributed by atoms with Crippen molar-refractivity contribution in [3.05, 3.63) is 0 Å². The summed E-state index contributed by atoms with van der Waals surface area (Å²) < 4.78 is 11.6. The second-order valence-corrected chi connectivity index (χ2v) is 10.9. The van der Waals surface area contributed by atoms with E-state index in [2.05, 4.69) is 13.8 Å². The maximum Gasteiger partial charge on any atom is 0.306 e. The number of carbonyl (C=O) groups is 1. The summed E-state index contributed by atoms with van der Waals surface area (Å²) in [6.45, 7) is 6.32. The molecule has 0 bridgehead atoms. The van der Waals surface area contributed by atoms with E-state index in [4.69, 9.17) is 14.6 Å². The normalized spacial score (nSPS) is 12.3. The van der Waals surface area contributed by atoms with Gasteiger partial charge in [0.1, 0.15) is 0 Å². The third kappa shape index (κ3) is 29.6. The monoisotopic (exact) mass is 512 g/mol. The second kappa shape index (κ2) is 30.6. The van der Waals surface area contributed by atoms with Crippen LogP contribution in [0.5, 0.6) is 0 Å². The standard InChI is InChI=1S/C32H64O4/c1-3-5-7-9-11-13-15-17-19-21-23-25-27-35-30-31(29-32(33)34)36-28-26-24-22-20-18-16-14-12-10-8-6-4-2/h31H,3-30H2,1-2H3,(H,33,34). The average Bonchev–Trinajstić information content (AvgIpc) is 2.86.